The van der Waals surface area contributed by atoms with E-state index in [9.17, 15) is 9.59 Å². The third kappa shape index (κ3) is 3.08. The number of benzene rings is 1. The van der Waals surface area contributed by atoms with Crippen LogP contribution in [0.15, 0.2) is 18.2 Å². The Bertz CT molecular complexity index is 571. The lowest BCUT2D eigenvalue weighted by Crippen LogP contribution is -2.49. The monoisotopic (exact) mass is 287 g/mol. The lowest BCUT2D eigenvalue weighted by molar-refractivity contribution is -0.116. The molecule has 0 bridgehead atoms. The number of hydrogen-bond acceptors (Lipinski definition) is 3. The van der Waals surface area contributed by atoms with Gasteiger partial charge < -0.3 is 16.4 Å². The van der Waals surface area contributed by atoms with Crippen molar-refractivity contribution in [3.05, 3.63) is 29.3 Å². The molecule has 1 fully saturated rings. The van der Waals surface area contributed by atoms with Gasteiger partial charge in [-0.05, 0) is 43.0 Å². The van der Waals surface area contributed by atoms with Crippen LogP contribution in [0.2, 0.25) is 0 Å². The highest BCUT2D eigenvalue weighted by atomic mass is 16.2. The Morgan fingerprint density at radius 1 is 1.24 bits per heavy atom. The van der Waals surface area contributed by atoms with E-state index in [2.05, 4.69) is 10.6 Å². The van der Waals surface area contributed by atoms with Gasteiger partial charge in [0, 0.05) is 29.8 Å². The molecule has 1 aromatic rings. The van der Waals surface area contributed by atoms with E-state index in [0.717, 1.165) is 36.9 Å². The highest BCUT2D eigenvalue weighted by Gasteiger charge is 2.24. The van der Waals surface area contributed by atoms with E-state index in [1.165, 1.54) is 0 Å². The molecule has 4 N–H and O–H groups in total. The van der Waals surface area contributed by atoms with Gasteiger partial charge in [0.1, 0.15) is 0 Å². The summed E-state index contributed by atoms with van der Waals surface area (Å²) in [6.07, 6.45) is 5.35. The van der Waals surface area contributed by atoms with Crippen molar-refractivity contribution >= 4 is 17.5 Å². The number of fused-ring (bicyclic) bond motifs is 1. The predicted octanol–water partition coefficient (Wildman–Crippen LogP) is 1.57. The van der Waals surface area contributed by atoms with Crippen molar-refractivity contribution in [3.8, 4) is 0 Å². The molecule has 2 amide bonds. The molecule has 0 spiro atoms. The molecule has 0 radical (unpaired) electrons. The second-order valence-corrected chi connectivity index (χ2v) is 5.95. The van der Waals surface area contributed by atoms with Crippen LogP contribution in [-0.4, -0.2) is 23.9 Å². The second-order valence-electron chi connectivity index (χ2n) is 5.95. The van der Waals surface area contributed by atoms with Gasteiger partial charge in [-0.15, -0.1) is 0 Å². The van der Waals surface area contributed by atoms with Crippen molar-refractivity contribution in [3.63, 3.8) is 0 Å². The molecule has 21 heavy (non-hydrogen) atoms. The summed E-state index contributed by atoms with van der Waals surface area (Å²) in [5, 5.41) is 5.87. The van der Waals surface area contributed by atoms with Gasteiger partial charge in [0.15, 0.2) is 0 Å². The van der Waals surface area contributed by atoms with Crippen LogP contribution < -0.4 is 16.4 Å². The Kier molecular flexibility index (Phi) is 3.92. The first kappa shape index (κ1) is 14.1. The number of nitrogens with two attached hydrogens (primary N) is 1. The summed E-state index contributed by atoms with van der Waals surface area (Å²) in [6, 6.07) is 5.57. The predicted molar refractivity (Wildman–Crippen MR) is 81.1 cm³/mol. The molecule has 5 heteroatoms. The maximum absolute atomic E-state index is 12.4. The van der Waals surface area contributed by atoms with Gasteiger partial charge in [-0.2, -0.15) is 0 Å². The maximum atomic E-state index is 12.4. The van der Waals surface area contributed by atoms with Crippen LogP contribution in [0.1, 0.15) is 48.0 Å². The molecular weight excluding hydrogens is 266 g/mol. The topological polar surface area (TPSA) is 84.2 Å². The highest BCUT2D eigenvalue weighted by molar-refractivity contribution is 5.98. The average Bonchev–Trinajstić information content (AvgIpc) is 2.49. The molecule has 0 saturated heterocycles. The standard InChI is InChI=1S/C16H21N3O2/c17-12-3-1-2-4-14(12)19-16(21)11-5-7-13-10(9-11)6-8-15(20)18-13/h5,7,9,12,14H,1-4,6,8,17H2,(H,18,20)(H,19,21)/t12-,14-/m1/s1. The van der Waals surface area contributed by atoms with E-state index in [4.69, 9.17) is 5.73 Å². The quantitative estimate of drug-likeness (QED) is 0.772. The number of hydrogen-bond donors (Lipinski definition) is 3. The molecular formula is C16H21N3O2. The van der Waals surface area contributed by atoms with Crippen molar-refractivity contribution in [1.82, 2.24) is 5.32 Å². The number of carbonyl (C=O) groups is 2. The minimum Gasteiger partial charge on any atom is -0.348 e. The molecule has 1 aromatic carbocycles. The van der Waals surface area contributed by atoms with E-state index in [1.54, 1.807) is 6.07 Å². The molecule has 3 rings (SSSR count). The second kappa shape index (κ2) is 5.85. The number of aryl methyl sites for hydroxylation is 1. The number of carbonyl (C=O) groups excluding carboxylic acids is 2. The fourth-order valence-corrected chi connectivity index (χ4v) is 3.12. The van der Waals surface area contributed by atoms with E-state index in [1.807, 2.05) is 12.1 Å². The fraction of sp³-hybridized carbons (Fsp3) is 0.500. The molecule has 1 aliphatic carbocycles. The van der Waals surface area contributed by atoms with Crippen molar-refractivity contribution in [2.75, 3.05) is 5.32 Å². The summed E-state index contributed by atoms with van der Waals surface area (Å²) in [6.45, 7) is 0. The van der Waals surface area contributed by atoms with Gasteiger partial charge in [-0.1, -0.05) is 12.8 Å². The van der Waals surface area contributed by atoms with Crippen LogP contribution >= 0.6 is 0 Å². The Balaban J connectivity index is 1.71. The molecule has 0 aromatic heterocycles. The molecule has 0 unspecified atom stereocenters. The minimum absolute atomic E-state index is 0.0351. The van der Waals surface area contributed by atoms with Crippen molar-refractivity contribution < 1.29 is 9.59 Å². The number of anilines is 1. The lowest BCUT2D eigenvalue weighted by atomic mass is 9.90. The van der Waals surface area contributed by atoms with Crippen LogP contribution in [-0.2, 0) is 11.2 Å². The Labute approximate surface area is 124 Å². The van der Waals surface area contributed by atoms with E-state index < -0.39 is 0 Å². The highest BCUT2D eigenvalue weighted by Crippen LogP contribution is 2.24. The van der Waals surface area contributed by atoms with E-state index in [-0.39, 0.29) is 23.9 Å². The molecule has 1 saturated carbocycles. The van der Waals surface area contributed by atoms with E-state index in [0.29, 0.717) is 18.4 Å². The van der Waals surface area contributed by atoms with E-state index >= 15 is 0 Å². The van der Waals surface area contributed by atoms with Crippen molar-refractivity contribution in [1.29, 1.82) is 0 Å². The lowest BCUT2D eigenvalue weighted by Gasteiger charge is -2.29. The van der Waals surface area contributed by atoms with Crippen LogP contribution in [0.4, 0.5) is 5.69 Å². The van der Waals surface area contributed by atoms with Gasteiger partial charge >= 0.3 is 0 Å². The average molecular weight is 287 g/mol. The summed E-state index contributed by atoms with van der Waals surface area (Å²) in [5.41, 5.74) is 8.55. The van der Waals surface area contributed by atoms with Crippen molar-refractivity contribution in [2.45, 2.75) is 50.6 Å². The minimum atomic E-state index is -0.0722. The molecule has 1 heterocycles. The Hall–Kier alpha value is -1.88. The van der Waals surface area contributed by atoms with Gasteiger partial charge in [-0.25, -0.2) is 0 Å². The SMILES string of the molecule is N[C@@H]1CCCC[C@H]1NC(=O)c1ccc2c(c1)CCC(=O)N2. The van der Waals surface area contributed by atoms with Crippen LogP contribution in [0.3, 0.4) is 0 Å². The Morgan fingerprint density at radius 2 is 2.05 bits per heavy atom. The van der Waals surface area contributed by atoms with Gasteiger partial charge in [0.25, 0.3) is 5.91 Å². The fourth-order valence-electron chi connectivity index (χ4n) is 3.12. The normalized spacial score (nSPS) is 24.9. The number of rotatable bonds is 2. The summed E-state index contributed by atoms with van der Waals surface area (Å²) >= 11 is 0. The first-order valence-electron chi connectivity index (χ1n) is 7.63. The molecule has 112 valence electrons. The molecule has 5 nitrogen and oxygen atoms in total. The van der Waals surface area contributed by atoms with Crippen LogP contribution in [0.5, 0.6) is 0 Å². The summed E-state index contributed by atoms with van der Waals surface area (Å²) < 4.78 is 0. The largest absolute Gasteiger partial charge is 0.348 e. The number of amides is 2. The number of nitrogens with one attached hydrogen (secondary N) is 2. The summed E-state index contributed by atoms with van der Waals surface area (Å²) in [4.78, 5) is 23.7. The maximum Gasteiger partial charge on any atom is 0.251 e. The molecule has 2 aliphatic rings. The summed E-state index contributed by atoms with van der Waals surface area (Å²) in [7, 11) is 0. The smallest absolute Gasteiger partial charge is 0.251 e. The Morgan fingerprint density at radius 3 is 2.86 bits per heavy atom. The zero-order valence-electron chi connectivity index (χ0n) is 12.0. The third-order valence-electron chi connectivity index (χ3n) is 4.40. The van der Waals surface area contributed by atoms with Crippen molar-refractivity contribution in [2.24, 2.45) is 5.73 Å². The molecule has 1 aliphatic heterocycles. The van der Waals surface area contributed by atoms with Gasteiger partial charge in [0.2, 0.25) is 5.91 Å². The van der Waals surface area contributed by atoms with Crippen LogP contribution in [0.25, 0.3) is 0 Å². The molecule has 2 atom stereocenters. The van der Waals surface area contributed by atoms with Gasteiger partial charge in [0.05, 0.1) is 0 Å². The van der Waals surface area contributed by atoms with Gasteiger partial charge in [-0.3, -0.25) is 9.59 Å². The zero-order chi connectivity index (χ0) is 14.8. The third-order valence-corrected chi connectivity index (χ3v) is 4.40. The zero-order valence-corrected chi connectivity index (χ0v) is 12.0. The first-order valence-corrected chi connectivity index (χ1v) is 7.63. The summed E-state index contributed by atoms with van der Waals surface area (Å²) in [5.74, 6) is -0.0371. The van der Waals surface area contributed by atoms with Crippen LogP contribution in [0, 0.1) is 0 Å². The first-order chi connectivity index (χ1) is 10.1.